The van der Waals surface area contributed by atoms with Crippen LogP contribution in [0.5, 0.6) is 5.75 Å². The van der Waals surface area contributed by atoms with Crippen molar-refractivity contribution in [3.63, 3.8) is 0 Å². The van der Waals surface area contributed by atoms with Gasteiger partial charge in [-0.1, -0.05) is 6.07 Å². The Balaban J connectivity index is 1.93. The SMILES string of the molecule is C/C(=N\NC(=S)Nc1cccc(C(F)(F)F)c1)c1ccc(OCC(=O)N(C)C)cc1. The van der Waals surface area contributed by atoms with Crippen LogP contribution in [0.1, 0.15) is 18.1 Å². The van der Waals surface area contributed by atoms with Crippen molar-refractivity contribution in [3.05, 3.63) is 59.7 Å². The number of ether oxygens (including phenoxy) is 1. The molecule has 0 atom stereocenters. The molecule has 0 aliphatic heterocycles. The Morgan fingerprint density at radius 1 is 1.17 bits per heavy atom. The number of anilines is 1. The van der Waals surface area contributed by atoms with E-state index in [-0.39, 0.29) is 23.3 Å². The largest absolute Gasteiger partial charge is 0.484 e. The molecular formula is C20H21F3N4O2S. The zero-order valence-electron chi connectivity index (χ0n) is 16.6. The molecule has 0 heterocycles. The average Bonchev–Trinajstić information content (AvgIpc) is 2.70. The molecule has 0 unspecified atom stereocenters. The van der Waals surface area contributed by atoms with Crippen LogP contribution in [0.25, 0.3) is 0 Å². The van der Waals surface area contributed by atoms with E-state index in [1.807, 2.05) is 0 Å². The van der Waals surface area contributed by atoms with Gasteiger partial charge in [-0.05, 0) is 67.2 Å². The molecule has 2 N–H and O–H groups in total. The Labute approximate surface area is 177 Å². The fourth-order valence-electron chi connectivity index (χ4n) is 2.20. The number of alkyl halides is 3. The summed E-state index contributed by atoms with van der Waals surface area (Å²) in [6.07, 6.45) is -4.43. The van der Waals surface area contributed by atoms with Crippen molar-refractivity contribution < 1.29 is 22.7 Å². The topological polar surface area (TPSA) is 66.0 Å². The first kappa shape index (κ1) is 23.1. The molecule has 160 valence electrons. The number of carbonyl (C=O) groups is 1. The maximum atomic E-state index is 12.8. The second-order valence-corrected chi connectivity index (χ2v) is 6.85. The third-order valence-electron chi connectivity index (χ3n) is 3.91. The minimum absolute atomic E-state index is 0.0517. The second kappa shape index (κ2) is 10.1. The third kappa shape index (κ3) is 7.03. The normalized spacial score (nSPS) is 11.6. The van der Waals surface area contributed by atoms with Gasteiger partial charge in [-0.25, -0.2) is 0 Å². The lowest BCUT2D eigenvalue weighted by molar-refractivity contribution is -0.137. The van der Waals surface area contributed by atoms with E-state index >= 15 is 0 Å². The fraction of sp³-hybridized carbons (Fsp3) is 0.250. The van der Waals surface area contributed by atoms with E-state index < -0.39 is 11.7 Å². The van der Waals surface area contributed by atoms with Crippen LogP contribution in [0.15, 0.2) is 53.6 Å². The lowest BCUT2D eigenvalue weighted by Crippen LogP contribution is -2.27. The maximum absolute atomic E-state index is 12.8. The molecule has 0 bridgehead atoms. The highest BCUT2D eigenvalue weighted by molar-refractivity contribution is 7.80. The molecule has 0 aliphatic rings. The Bertz CT molecular complexity index is 928. The quantitative estimate of drug-likeness (QED) is 0.407. The standard InChI is InChI=1S/C20H21F3N4O2S/c1-13(14-7-9-17(10-8-14)29-12-18(28)27(2)3)25-26-19(30)24-16-6-4-5-15(11-16)20(21,22)23/h4-11H,12H2,1-3H3,(H2,24,26,30)/b25-13+. The Kier molecular flexibility index (Phi) is 7.76. The molecule has 6 nitrogen and oxygen atoms in total. The van der Waals surface area contributed by atoms with Gasteiger partial charge in [0.05, 0.1) is 11.3 Å². The summed E-state index contributed by atoms with van der Waals surface area (Å²) < 4.78 is 43.7. The number of nitrogens with one attached hydrogen (secondary N) is 2. The van der Waals surface area contributed by atoms with E-state index in [0.29, 0.717) is 11.5 Å². The van der Waals surface area contributed by atoms with Crippen LogP contribution in [0.3, 0.4) is 0 Å². The molecule has 0 spiro atoms. The summed E-state index contributed by atoms with van der Waals surface area (Å²) in [5, 5.41) is 6.84. The third-order valence-corrected chi connectivity index (χ3v) is 4.10. The molecule has 30 heavy (non-hydrogen) atoms. The molecular weight excluding hydrogens is 417 g/mol. The monoisotopic (exact) mass is 438 g/mol. The zero-order chi connectivity index (χ0) is 22.3. The molecule has 0 aromatic heterocycles. The lowest BCUT2D eigenvalue weighted by Gasteiger charge is -2.12. The number of carbonyl (C=O) groups excluding carboxylic acids is 1. The summed E-state index contributed by atoms with van der Waals surface area (Å²) in [6, 6.07) is 11.6. The summed E-state index contributed by atoms with van der Waals surface area (Å²) in [5.74, 6) is 0.388. The predicted octanol–water partition coefficient (Wildman–Crippen LogP) is 3.88. The van der Waals surface area contributed by atoms with Crippen molar-refractivity contribution in [2.75, 3.05) is 26.0 Å². The molecule has 10 heteroatoms. The number of thiocarbonyl (C=S) groups is 1. The van der Waals surface area contributed by atoms with Gasteiger partial charge in [0.25, 0.3) is 5.91 Å². The number of nitrogens with zero attached hydrogens (tertiary/aromatic N) is 2. The van der Waals surface area contributed by atoms with Crippen LogP contribution in [-0.2, 0) is 11.0 Å². The molecule has 0 fully saturated rings. The first-order valence-corrected chi connectivity index (χ1v) is 9.19. The molecule has 0 saturated carbocycles. The summed E-state index contributed by atoms with van der Waals surface area (Å²) in [6.45, 7) is 1.68. The van der Waals surface area contributed by atoms with E-state index in [9.17, 15) is 18.0 Å². The molecule has 0 saturated heterocycles. The molecule has 0 radical (unpaired) electrons. The van der Waals surface area contributed by atoms with Gasteiger partial charge in [0.2, 0.25) is 0 Å². The van der Waals surface area contributed by atoms with E-state index in [1.54, 1.807) is 45.3 Å². The number of hydrazone groups is 1. The molecule has 1 amide bonds. The number of likely N-dealkylation sites (N-methyl/N-ethyl adjacent to an activating group) is 1. The fourth-order valence-corrected chi connectivity index (χ4v) is 2.36. The van der Waals surface area contributed by atoms with E-state index in [0.717, 1.165) is 17.7 Å². The number of benzene rings is 2. The summed E-state index contributed by atoms with van der Waals surface area (Å²) in [4.78, 5) is 13.0. The van der Waals surface area contributed by atoms with Gasteiger partial charge in [-0.2, -0.15) is 18.3 Å². The number of amides is 1. The van der Waals surface area contributed by atoms with Crippen molar-refractivity contribution in [2.24, 2.45) is 5.10 Å². The van der Waals surface area contributed by atoms with Crippen molar-refractivity contribution in [1.29, 1.82) is 0 Å². The number of hydrogen-bond acceptors (Lipinski definition) is 4. The summed E-state index contributed by atoms with van der Waals surface area (Å²) >= 11 is 5.08. The first-order valence-electron chi connectivity index (χ1n) is 8.78. The van der Waals surface area contributed by atoms with Crippen LogP contribution in [0.4, 0.5) is 18.9 Å². The maximum Gasteiger partial charge on any atom is 0.416 e. The van der Waals surface area contributed by atoms with Gasteiger partial charge in [0.1, 0.15) is 5.75 Å². The smallest absolute Gasteiger partial charge is 0.416 e. The van der Waals surface area contributed by atoms with Crippen LogP contribution in [-0.4, -0.2) is 42.3 Å². The predicted molar refractivity (Wildman–Crippen MR) is 114 cm³/mol. The second-order valence-electron chi connectivity index (χ2n) is 6.44. The Morgan fingerprint density at radius 2 is 1.83 bits per heavy atom. The number of halogens is 3. The lowest BCUT2D eigenvalue weighted by atomic mass is 10.1. The highest BCUT2D eigenvalue weighted by Crippen LogP contribution is 2.30. The molecule has 2 rings (SSSR count). The van der Waals surface area contributed by atoms with E-state index in [4.69, 9.17) is 17.0 Å². The van der Waals surface area contributed by atoms with Crippen LogP contribution in [0.2, 0.25) is 0 Å². The number of rotatable bonds is 6. The van der Waals surface area contributed by atoms with Crippen molar-refractivity contribution >= 4 is 34.6 Å². The van der Waals surface area contributed by atoms with Crippen LogP contribution in [0, 0.1) is 0 Å². The van der Waals surface area contributed by atoms with Gasteiger partial charge in [-0.15, -0.1) is 0 Å². The first-order chi connectivity index (χ1) is 14.1. The molecule has 2 aromatic rings. The average molecular weight is 438 g/mol. The molecule has 2 aromatic carbocycles. The summed E-state index contributed by atoms with van der Waals surface area (Å²) in [7, 11) is 3.29. The minimum atomic E-state index is -4.43. The van der Waals surface area contributed by atoms with Gasteiger partial charge in [0.15, 0.2) is 11.7 Å². The minimum Gasteiger partial charge on any atom is -0.484 e. The summed E-state index contributed by atoms with van der Waals surface area (Å²) in [5.41, 5.74) is 3.40. The van der Waals surface area contributed by atoms with E-state index in [1.165, 1.54) is 17.0 Å². The van der Waals surface area contributed by atoms with Gasteiger partial charge in [0, 0.05) is 19.8 Å². The number of hydrogen-bond donors (Lipinski definition) is 2. The highest BCUT2D eigenvalue weighted by atomic mass is 32.1. The van der Waals surface area contributed by atoms with Crippen molar-refractivity contribution in [1.82, 2.24) is 10.3 Å². The van der Waals surface area contributed by atoms with Crippen molar-refractivity contribution in [3.8, 4) is 5.75 Å². The zero-order valence-corrected chi connectivity index (χ0v) is 17.4. The van der Waals surface area contributed by atoms with Crippen LogP contribution < -0.4 is 15.5 Å². The highest BCUT2D eigenvalue weighted by Gasteiger charge is 2.30. The Hall–Kier alpha value is -3.14. The van der Waals surface area contributed by atoms with Gasteiger partial charge >= 0.3 is 6.18 Å². The van der Waals surface area contributed by atoms with Crippen molar-refractivity contribution in [2.45, 2.75) is 13.1 Å². The molecule has 0 aliphatic carbocycles. The van der Waals surface area contributed by atoms with Crippen LogP contribution >= 0.6 is 12.2 Å². The van der Waals surface area contributed by atoms with E-state index in [2.05, 4.69) is 15.8 Å². The Morgan fingerprint density at radius 3 is 2.43 bits per heavy atom. The van der Waals surface area contributed by atoms with Gasteiger partial charge in [-0.3, -0.25) is 10.2 Å². The van der Waals surface area contributed by atoms with Gasteiger partial charge < -0.3 is 15.0 Å².